The van der Waals surface area contributed by atoms with Crippen molar-refractivity contribution in [3.8, 4) is 0 Å². The van der Waals surface area contributed by atoms with Gasteiger partial charge in [0.05, 0.1) is 108 Å². The zero-order valence-electron chi connectivity index (χ0n) is 84.4. The number of carboxylic acids is 1. The number of halogens is 9. The molecule has 37 heteroatoms. The number of anilines is 7. The van der Waals surface area contributed by atoms with Gasteiger partial charge in [-0.2, -0.15) is 39.5 Å². The molecule has 0 aliphatic carbocycles. The molecule has 5 unspecified atom stereocenters. The number of nitrogens with two attached hydrogens (primary N) is 1. The highest BCUT2D eigenvalue weighted by molar-refractivity contribution is 6.09. The molecule has 7 saturated heterocycles. The molecule has 0 spiro atoms. The Bertz CT molecular complexity index is 6020. The van der Waals surface area contributed by atoms with Gasteiger partial charge in [0.15, 0.2) is 0 Å². The number of carboxylic acid groups (broad SMARTS) is 1. The molecule has 10 aliphatic rings. The topological polar surface area (TPSA) is 356 Å². The molecule has 0 bridgehead atoms. The van der Waals surface area contributed by atoms with Gasteiger partial charge in [0.1, 0.15) is 22.0 Å². The van der Waals surface area contributed by atoms with Crippen molar-refractivity contribution in [2.24, 2.45) is 27.6 Å². The number of ketones is 1. The Hall–Kier alpha value is -12.9. The minimum Gasteiger partial charge on any atom is -0.481 e. The van der Waals surface area contributed by atoms with Crippen LogP contribution in [0.25, 0.3) is 0 Å². The summed E-state index contributed by atoms with van der Waals surface area (Å²) in [7, 11) is 4.05. The Labute approximate surface area is 842 Å². The molecule has 28 nitrogen and oxygen atoms in total. The third-order valence-electron chi connectivity index (χ3n) is 28.2. The normalized spacial score (nSPS) is 21.9. The number of esters is 3. The second-order valence-electron chi connectivity index (χ2n) is 38.2. The number of hydrogen-bond acceptors (Lipinski definition) is 21. The standard InChI is InChI=1S/C26H27F3N2O3.C19H25NO5.C19H23NO4.C18H21NO4.C14H17NO3.C8H5F6N.C5H8O2/c1-16-11-20(26(27,28)29)13-21(12-16)30-24(33)25(19-7-9-34-10-8-19)14-22(32)31(15-25)23-17(2)5-4-6-18(23)3;1-13-5-4-6-14(2)16(13)20-12-18(11-15(20)21,17(22)24-3)19(23)7-9-25-10-8-19;1-13-5-4-6-14(2)17(13)20-12-19(11-16(20)21,18(22)23-3)15-7-9-24-10-8-15;1-12-4-3-5-13(2)16(12)19-11-18(17(21)22,10-15(19)20)14-6-8-23-9-7-14;1-9-5-4-6-10(2)13(9)15-8-11(7-12(15)16)14(17)18-3;9-7(10,11)4-1-5(8(12,13)14)3-6(15)2-4;6-5-1-3-7-4-2-5/h4-7,11-13H,8-10,14-15H2,1-3H3,(H,30,33);4-6,23H,7-12H2,1-3H3;4-7H,8-12H2,1-3H3;3-6H,7-11H2,1-2H3,(H,21,22);4-6,11H,7-8H2,1-3H3;1-3H,15H2;1-4H2. The van der Waals surface area contributed by atoms with Crippen molar-refractivity contribution in [2.45, 2.75) is 177 Å². The summed E-state index contributed by atoms with van der Waals surface area (Å²) in [6, 6.07) is 33.7. The zero-order chi connectivity index (χ0) is 107. The fourth-order valence-electron chi connectivity index (χ4n) is 20.7. The average Bonchev–Trinajstić information content (AvgIpc) is 1.56. The summed E-state index contributed by atoms with van der Waals surface area (Å²) in [4.78, 5) is 145. The number of aryl methyl sites for hydroxylation is 11. The summed E-state index contributed by atoms with van der Waals surface area (Å²) in [6.45, 7) is 27.0. The van der Waals surface area contributed by atoms with Crippen molar-refractivity contribution < 1.29 is 140 Å². The number of aliphatic hydroxyl groups is 1. The molecular weight excluding hydrogens is 1910 g/mol. The van der Waals surface area contributed by atoms with Crippen molar-refractivity contribution in [1.29, 1.82) is 0 Å². The van der Waals surface area contributed by atoms with Crippen molar-refractivity contribution in [3.05, 3.63) is 240 Å². The van der Waals surface area contributed by atoms with Crippen molar-refractivity contribution >= 4 is 105 Å². The lowest BCUT2D eigenvalue weighted by Gasteiger charge is -2.44. The Morgan fingerprint density at radius 2 is 0.733 bits per heavy atom. The van der Waals surface area contributed by atoms with Gasteiger partial charge in [0.2, 0.25) is 35.4 Å². The molecule has 10 heterocycles. The van der Waals surface area contributed by atoms with Crippen LogP contribution in [-0.2, 0) is 109 Å². The van der Waals surface area contributed by atoms with Crippen LogP contribution in [0.3, 0.4) is 0 Å². The number of Topliss-reactive ketones (excluding diaryl/α,β-unsaturated/α-hetero) is 1. The first kappa shape index (κ1) is 113. The quantitative estimate of drug-likeness (QED) is 0.0243. The van der Waals surface area contributed by atoms with Crippen molar-refractivity contribution in [3.63, 3.8) is 0 Å². The molecule has 146 heavy (non-hydrogen) atoms. The summed E-state index contributed by atoms with van der Waals surface area (Å²) >= 11 is 0. The van der Waals surface area contributed by atoms with E-state index in [0.717, 1.165) is 113 Å². The van der Waals surface area contributed by atoms with E-state index in [2.05, 4.69) is 5.32 Å². The summed E-state index contributed by atoms with van der Waals surface area (Å²) in [5.41, 5.74) is 12.1. The molecule has 7 aromatic carbocycles. The summed E-state index contributed by atoms with van der Waals surface area (Å²) < 4.78 is 154. The fraction of sp³-hybridized carbons (Fsp3) is 0.459. The van der Waals surface area contributed by atoms with E-state index in [0.29, 0.717) is 148 Å². The number of para-hydroxylation sites is 5. The third-order valence-corrected chi connectivity index (χ3v) is 28.2. The molecule has 6 amide bonds. The van der Waals surface area contributed by atoms with Gasteiger partial charge < -0.3 is 83.7 Å². The number of hydrogen-bond donors (Lipinski definition) is 4. The highest BCUT2D eigenvalue weighted by atomic mass is 19.4. The Kier molecular flexibility index (Phi) is 37.0. The van der Waals surface area contributed by atoms with Crippen molar-refractivity contribution in [2.75, 3.05) is 156 Å². The predicted octanol–water partition coefficient (Wildman–Crippen LogP) is 17.6. The van der Waals surface area contributed by atoms with Crippen LogP contribution in [0.5, 0.6) is 0 Å². The number of carbonyl (C=O) groups excluding carboxylic acids is 10. The highest BCUT2D eigenvalue weighted by Gasteiger charge is 2.64. The molecule has 0 saturated carbocycles. The van der Waals surface area contributed by atoms with Gasteiger partial charge >= 0.3 is 42.4 Å². The molecule has 5 N–H and O–H groups in total. The Balaban J connectivity index is 0.000000167. The molecule has 17 rings (SSSR count). The molecule has 10 aliphatic heterocycles. The van der Waals surface area contributed by atoms with E-state index in [-0.39, 0.29) is 111 Å². The number of amides is 6. The van der Waals surface area contributed by atoms with E-state index in [1.807, 2.05) is 178 Å². The van der Waals surface area contributed by atoms with E-state index in [1.54, 1.807) is 31.4 Å². The van der Waals surface area contributed by atoms with Crippen LogP contribution in [0.1, 0.15) is 155 Å². The van der Waals surface area contributed by atoms with Crippen LogP contribution in [0.2, 0.25) is 0 Å². The van der Waals surface area contributed by atoms with E-state index < -0.39 is 86.0 Å². The predicted molar refractivity (Wildman–Crippen MR) is 528 cm³/mol. The second kappa shape index (κ2) is 47.7. The number of nitrogens with zero attached hydrogens (tertiary/aromatic N) is 5. The van der Waals surface area contributed by atoms with Gasteiger partial charge in [-0.3, -0.25) is 52.7 Å². The number of alkyl halides is 9. The maximum atomic E-state index is 13.7. The lowest BCUT2D eigenvalue weighted by molar-refractivity contribution is -0.183. The van der Waals surface area contributed by atoms with E-state index in [1.165, 1.54) is 27.4 Å². The van der Waals surface area contributed by atoms with Gasteiger partial charge in [-0.15, -0.1) is 0 Å². The molecule has 0 radical (unpaired) electrons. The minimum absolute atomic E-state index is 0.0113. The Morgan fingerprint density at radius 3 is 1.10 bits per heavy atom. The van der Waals surface area contributed by atoms with Gasteiger partial charge in [-0.1, -0.05) is 126 Å². The number of nitrogens with one attached hydrogen (secondary N) is 1. The number of nitrogen functional groups attached to an aromatic ring is 1. The minimum atomic E-state index is -4.84. The molecule has 7 fully saturated rings. The zero-order valence-corrected chi connectivity index (χ0v) is 84.4. The van der Waals surface area contributed by atoms with Crippen LogP contribution in [0.4, 0.5) is 79.3 Å². The fourth-order valence-corrected chi connectivity index (χ4v) is 20.7. The first-order chi connectivity index (χ1) is 68.8. The van der Waals surface area contributed by atoms with E-state index in [4.69, 9.17) is 43.6 Å². The van der Waals surface area contributed by atoms with E-state index in [9.17, 15) is 102 Å². The lowest BCUT2D eigenvalue weighted by atomic mass is 9.67. The maximum Gasteiger partial charge on any atom is 0.416 e. The van der Waals surface area contributed by atoms with E-state index >= 15 is 0 Å². The monoisotopic (exact) mass is 2040 g/mol. The highest BCUT2D eigenvalue weighted by Crippen LogP contribution is 2.53. The largest absolute Gasteiger partial charge is 0.481 e. The maximum absolute atomic E-state index is 13.7. The lowest BCUT2D eigenvalue weighted by Crippen LogP contribution is -2.57. The van der Waals surface area contributed by atoms with Gasteiger partial charge in [-0.25, -0.2) is 0 Å². The van der Waals surface area contributed by atoms with Gasteiger partial charge in [0.25, 0.3) is 0 Å². The van der Waals surface area contributed by atoms with Gasteiger partial charge in [0, 0.05) is 144 Å². The summed E-state index contributed by atoms with van der Waals surface area (Å²) in [5.74, 6) is -3.12. The number of aliphatic carboxylic acids is 1. The first-order valence-corrected chi connectivity index (χ1v) is 47.9. The molecule has 786 valence electrons. The van der Waals surface area contributed by atoms with Crippen LogP contribution in [-0.4, -0.2) is 201 Å². The van der Waals surface area contributed by atoms with Crippen LogP contribution in [0.15, 0.2) is 162 Å². The molecule has 7 aromatic rings. The van der Waals surface area contributed by atoms with Crippen molar-refractivity contribution in [1.82, 2.24) is 0 Å². The number of rotatable bonds is 15. The molecular formula is C109H126F9N7O21. The number of benzene rings is 7. The Morgan fingerprint density at radius 1 is 0.397 bits per heavy atom. The summed E-state index contributed by atoms with van der Waals surface area (Å²) in [5, 5.41) is 23.9. The second-order valence-corrected chi connectivity index (χ2v) is 38.2. The summed E-state index contributed by atoms with van der Waals surface area (Å²) in [6.07, 6.45) is -4.75. The van der Waals surface area contributed by atoms with Crippen LogP contribution < -0.4 is 35.6 Å². The first-order valence-electron chi connectivity index (χ1n) is 47.9. The smallest absolute Gasteiger partial charge is 0.416 e. The molecule has 5 atom stereocenters. The number of methoxy groups -OCH3 is 3. The third kappa shape index (κ3) is 25.6. The molecule has 0 aromatic heterocycles. The number of ether oxygens (including phenoxy) is 8. The van der Waals surface area contributed by atoms with Gasteiger partial charge in [-0.05, 0) is 193 Å². The number of carbonyl (C=O) groups is 11. The van der Waals surface area contributed by atoms with Crippen LogP contribution in [0, 0.1) is 104 Å². The van der Waals surface area contributed by atoms with Crippen LogP contribution >= 0.6 is 0 Å². The average molecular weight is 2040 g/mol. The SMILES string of the molecule is COC(=O)C1(C2(O)CCOCC2)CC(=O)N(c2c(C)cccc2C)C1.COC(=O)C1(C2=CCOCC2)CC(=O)N(c2c(C)cccc2C)C1.COC(=O)C1CC(=O)N(c2c(C)cccc2C)C1.Cc1cc(NC(=O)C2(C3=CCOCC3)CC(=O)N(c3c(C)cccc3C)C2)cc(C(F)(F)F)c1.Cc1cccc(C)c1N1CC(C(=O)O)(C2=CCOCC2)CC1=O.Nc1cc(C(F)(F)F)cc(C(F)(F)F)c1.O=C1CCOCC1.